The summed E-state index contributed by atoms with van der Waals surface area (Å²) in [5.74, 6) is -0.471. The molecule has 0 aromatic heterocycles. The molecule has 0 bridgehead atoms. The fraction of sp³-hybridized carbons (Fsp3) is 0.500. The Kier molecular flexibility index (Phi) is 4.83. The van der Waals surface area contributed by atoms with Crippen molar-refractivity contribution in [3.8, 4) is 0 Å². The summed E-state index contributed by atoms with van der Waals surface area (Å²) in [6.45, 7) is 3.64. The molecular weight excluding hydrogens is 268 g/mol. The largest absolute Gasteiger partial charge is 0.478 e. The van der Waals surface area contributed by atoms with Crippen LogP contribution in [0.2, 0.25) is 0 Å². The minimum absolute atomic E-state index is 0.123. The number of benzene rings is 1. The van der Waals surface area contributed by atoms with Gasteiger partial charge in [0.1, 0.15) is 0 Å². The van der Waals surface area contributed by atoms with Gasteiger partial charge in [0, 0.05) is 20.1 Å². The second-order valence-corrected chi connectivity index (χ2v) is 5.53. The highest BCUT2D eigenvalue weighted by molar-refractivity contribution is 6.01. The maximum absolute atomic E-state index is 12.6. The number of likely N-dealkylation sites (tertiary alicyclic amines) is 1. The van der Waals surface area contributed by atoms with Crippen LogP contribution in [-0.2, 0) is 0 Å². The van der Waals surface area contributed by atoms with E-state index in [1.165, 1.54) is 11.0 Å². The van der Waals surface area contributed by atoms with Gasteiger partial charge in [0.2, 0.25) is 0 Å². The first-order valence-corrected chi connectivity index (χ1v) is 7.39. The van der Waals surface area contributed by atoms with E-state index in [2.05, 4.69) is 6.92 Å². The molecule has 1 N–H and O–H groups in total. The van der Waals surface area contributed by atoms with Gasteiger partial charge in [-0.15, -0.1) is 0 Å². The van der Waals surface area contributed by atoms with Crippen molar-refractivity contribution in [1.29, 1.82) is 0 Å². The summed E-state index contributed by atoms with van der Waals surface area (Å²) in [6, 6.07) is 6.48. The second kappa shape index (κ2) is 6.61. The number of anilines is 1. The lowest BCUT2D eigenvalue weighted by Crippen LogP contribution is -2.46. The van der Waals surface area contributed by atoms with E-state index in [0.29, 0.717) is 11.6 Å². The Bertz CT molecular complexity index is 530. The Morgan fingerprint density at radius 2 is 2.10 bits per heavy atom. The molecule has 114 valence electrons. The van der Waals surface area contributed by atoms with Gasteiger partial charge in [-0.3, -0.25) is 4.90 Å². The highest BCUT2D eigenvalue weighted by Crippen LogP contribution is 2.24. The van der Waals surface area contributed by atoms with Gasteiger partial charge in [0.05, 0.1) is 11.3 Å². The molecule has 1 saturated heterocycles. The van der Waals surface area contributed by atoms with Gasteiger partial charge >= 0.3 is 12.0 Å². The standard InChI is InChI=1S/C16H22N2O3/c1-3-12-7-6-10-18(11-12)16(21)17(2)14-9-5-4-8-13(14)15(19)20/h4-5,8-9,12H,3,6-7,10-11H2,1-2H3,(H,19,20). The third-order valence-corrected chi connectivity index (χ3v) is 4.15. The Labute approximate surface area is 125 Å². The number of hydrogen-bond donors (Lipinski definition) is 1. The molecule has 21 heavy (non-hydrogen) atoms. The Balaban J connectivity index is 2.18. The number of urea groups is 1. The number of carbonyl (C=O) groups excluding carboxylic acids is 1. The topological polar surface area (TPSA) is 60.9 Å². The van der Waals surface area contributed by atoms with Crippen LogP contribution in [0.25, 0.3) is 0 Å². The van der Waals surface area contributed by atoms with Crippen molar-refractivity contribution in [1.82, 2.24) is 4.90 Å². The molecule has 1 aromatic rings. The molecule has 0 aliphatic carbocycles. The third-order valence-electron chi connectivity index (χ3n) is 4.15. The van der Waals surface area contributed by atoms with Gasteiger partial charge in [0.25, 0.3) is 0 Å². The third kappa shape index (κ3) is 3.35. The number of para-hydroxylation sites is 1. The normalized spacial score (nSPS) is 18.4. The van der Waals surface area contributed by atoms with Crippen molar-refractivity contribution in [2.75, 3.05) is 25.0 Å². The highest BCUT2D eigenvalue weighted by atomic mass is 16.4. The zero-order chi connectivity index (χ0) is 15.4. The van der Waals surface area contributed by atoms with Crippen LogP contribution in [0, 0.1) is 5.92 Å². The predicted octanol–water partition coefficient (Wildman–Crippen LogP) is 3.06. The quantitative estimate of drug-likeness (QED) is 0.930. The van der Waals surface area contributed by atoms with Crippen LogP contribution in [-0.4, -0.2) is 42.1 Å². The molecule has 0 saturated carbocycles. The van der Waals surface area contributed by atoms with Crippen LogP contribution < -0.4 is 4.90 Å². The molecular formula is C16H22N2O3. The summed E-state index contributed by atoms with van der Waals surface area (Å²) < 4.78 is 0. The lowest BCUT2D eigenvalue weighted by atomic mass is 9.96. The number of nitrogens with zero attached hydrogens (tertiary/aromatic N) is 2. The molecule has 2 rings (SSSR count). The Morgan fingerprint density at radius 1 is 1.38 bits per heavy atom. The number of carboxylic acids is 1. The summed E-state index contributed by atoms with van der Waals surface area (Å²) in [5, 5.41) is 9.24. The second-order valence-electron chi connectivity index (χ2n) is 5.53. The molecule has 1 aromatic carbocycles. The number of aromatic carboxylic acids is 1. The fourth-order valence-electron chi connectivity index (χ4n) is 2.83. The molecule has 5 nitrogen and oxygen atoms in total. The molecule has 1 atom stereocenters. The van der Waals surface area contributed by atoms with E-state index in [9.17, 15) is 14.7 Å². The van der Waals surface area contributed by atoms with Crippen LogP contribution in [0.5, 0.6) is 0 Å². The zero-order valence-corrected chi connectivity index (χ0v) is 12.6. The van der Waals surface area contributed by atoms with Crippen LogP contribution in [0.15, 0.2) is 24.3 Å². The maximum atomic E-state index is 12.6. The number of rotatable bonds is 3. The van der Waals surface area contributed by atoms with Gasteiger partial charge in [-0.1, -0.05) is 25.5 Å². The first-order chi connectivity index (χ1) is 10.0. The first kappa shape index (κ1) is 15.4. The molecule has 1 heterocycles. The smallest absolute Gasteiger partial charge is 0.337 e. The van der Waals surface area contributed by atoms with E-state index in [1.807, 2.05) is 4.90 Å². The van der Waals surface area contributed by atoms with Gasteiger partial charge in [-0.25, -0.2) is 9.59 Å². The summed E-state index contributed by atoms with van der Waals surface area (Å²) >= 11 is 0. The van der Waals surface area contributed by atoms with Crippen LogP contribution >= 0.6 is 0 Å². The number of amides is 2. The van der Waals surface area contributed by atoms with Gasteiger partial charge in [-0.05, 0) is 30.9 Å². The van der Waals surface area contributed by atoms with E-state index in [1.54, 1.807) is 25.2 Å². The number of piperidine rings is 1. The van der Waals surface area contributed by atoms with E-state index in [4.69, 9.17) is 0 Å². The molecule has 0 spiro atoms. The highest BCUT2D eigenvalue weighted by Gasteiger charge is 2.26. The fourth-order valence-corrected chi connectivity index (χ4v) is 2.83. The van der Waals surface area contributed by atoms with E-state index < -0.39 is 5.97 Å². The number of carboxylic acid groups (broad SMARTS) is 1. The minimum atomic E-state index is -1.02. The van der Waals surface area contributed by atoms with Crippen molar-refractivity contribution in [3.05, 3.63) is 29.8 Å². The van der Waals surface area contributed by atoms with Crippen LogP contribution in [0.4, 0.5) is 10.5 Å². The lowest BCUT2D eigenvalue weighted by molar-refractivity contribution is 0.0697. The van der Waals surface area contributed by atoms with E-state index >= 15 is 0 Å². The number of carbonyl (C=O) groups is 2. The molecule has 0 radical (unpaired) electrons. The molecule has 1 aliphatic heterocycles. The molecule has 1 fully saturated rings. The average Bonchev–Trinajstić information content (AvgIpc) is 2.53. The Morgan fingerprint density at radius 3 is 2.76 bits per heavy atom. The van der Waals surface area contributed by atoms with Crippen molar-refractivity contribution in [3.63, 3.8) is 0 Å². The molecule has 2 amide bonds. The summed E-state index contributed by atoms with van der Waals surface area (Å²) in [6.07, 6.45) is 3.24. The van der Waals surface area contributed by atoms with E-state index in [0.717, 1.165) is 32.4 Å². The molecule has 1 unspecified atom stereocenters. The maximum Gasteiger partial charge on any atom is 0.337 e. The Hall–Kier alpha value is -2.04. The van der Waals surface area contributed by atoms with Gasteiger partial charge in [0.15, 0.2) is 0 Å². The average molecular weight is 290 g/mol. The summed E-state index contributed by atoms with van der Waals surface area (Å²) in [5.41, 5.74) is 0.589. The summed E-state index contributed by atoms with van der Waals surface area (Å²) in [4.78, 5) is 27.1. The predicted molar refractivity (Wildman–Crippen MR) is 81.8 cm³/mol. The molecule has 1 aliphatic rings. The lowest BCUT2D eigenvalue weighted by Gasteiger charge is -2.35. The van der Waals surface area contributed by atoms with Crippen molar-refractivity contribution in [2.45, 2.75) is 26.2 Å². The number of hydrogen-bond acceptors (Lipinski definition) is 2. The minimum Gasteiger partial charge on any atom is -0.478 e. The van der Waals surface area contributed by atoms with Crippen molar-refractivity contribution in [2.24, 2.45) is 5.92 Å². The van der Waals surface area contributed by atoms with Crippen molar-refractivity contribution >= 4 is 17.7 Å². The monoisotopic (exact) mass is 290 g/mol. The zero-order valence-electron chi connectivity index (χ0n) is 12.6. The van der Waals surface area contributed by atoms with Crippen LogP contribution in [0.3, 0.4) is 0 Å². The van der Waals surface area contributed by atoms with Gasteiger partial charge in [-0.2, -0.15) is 0 Å². The van der Waals surface area contributed by atoms with Crippen LogP contribution in [0.1, 0.15) is 36.5 Å². The van der Waals surface area contributed by atoms with Crippen molar-refractivity contribution < 1.29 is 14.7 Å². The van der Waals surface area contributed by atoms with Gasteiger partial charge < -0.3 is 10.0 Å². The molecule has 5 heteroatoms. The first-order valence-electron chi connectivity index (χ1n) is 7.39. The summed E-state index contributed by atoms with van der Waals surface area (Å²) in [7, 11) is 1.64. The van der Waals surface area contributed by atoms with E-state index in [-0.39, 0.29) is 11.6 Å². The SMILES string of the molecule is CCC1CCCN(C(=O)N(C)c2ccccc2C(=O)O)C1.